The van der Waals surface area contributed by atoms with Crippen LogP contribution in [0.4, 0.5) is 0 Å². The van der Waals surface area contributed by atoms with E-state index in [0.717, 1.165) is 44.3 Å². The summed E-state index contributed by atoms with van der Waals surface area (Å²) in [6.45, 7) is 7.02. The molecule has 0 spiro atoms. The summed E-state index contributed by atoms with van der Waals surface area (Å²) < 4.78 is 5.38. The van der Waals surface area contributed by atoms with Crippen LogP contribution in [-0.4, -0.2) is 49.0 Å². The number of nitrogens with one attached hydrogen (secondary N) is 1. The van der Waals surface area contributed by atoms with Gasteiger partial charge >= 0.3 is 0 Å². The lowest BCUT2D eigenvalue weighted by molar-refractivity contribution is 0.127. The second-order valence-electron chi connectivity index (χ2n) is 6.34. The normalized spacial score (nSPS) is 17.5. The van der Waals surface area contributed by atoms with Gasteiger partial charge in [0.1, 0.15) is 5.76 Å². The summed E-state index contributed by atoms with van der Waals surface area (Å²) in [6.07, 6.45) is 2.84. The van der Waals surface area contributed by atoms with E-state index < -0.39 is 0 Å². The molecule has 2 aromatic rings. The molecule has 5 heteroatoms. The molecule has 1 aliphatic rings. The Hall–Kier alpha value is -2.27. The summed E-state index contributed by atoms with van der Waals surface area (Å²) in [6, 6.07) is 15.2. The molecule has 0 saturated carbocycles. The summed E-state index contributed by atoms with van der Waals surface area (Å²) in [5.41, 5.74) is 1.42. The Balaban J connectivity index is 1.55. The van der Waals surface area contributed by atoms with E-state index in [1.165, 1.54) is 5.56 Å². The number of furan rings is 1. The zero-order valence-electron chi connectivity index (χ0n) is 15.2. The Kier molecular flexibility index (Phi) is 6.12. The van der Waals surface area contributed by atoms with E-state index in [1.807, 2.05) is 19.2 Å². The Morgan fingerprint density at radius 2 is 1.88 bits per heavy atom. The molecule has 0 aliphatic carbocycles. The third kappa shape index (κ3) is 4.42. The first-order chi connectivity index (χ1) is 12.3. The monoisotopic (exact) mass is 340 g/mol. The van der Waals surface area contributed by atoms with Crippen molar-refractivity contribution in [2.24, 2.45) is 4.99 Å². The van der Waals surface area contributed by atoms with Gasteiger partial charge in [-0.05, 0) is 24.1 Å². The van der Waals surface area contributed by atoms with Gasteiger partial charge in [-0.3, -0.25) is 9.89 Å². The SMILES string of the molecule is CCC(c1ccccc1)N1CCN(C(=NC)NCc2ccco2)CC1. The summed E-state index contributed by atoms with van der Waals surface area (Å²) in [5, 5.41) is 3.39. The number of aliphatic imine (C=N–C) groups is 1. The number of guanidine groups is 1. The van der Waals surface area contributed by atoms with Crippen LogP contribution < -0.4 is 5.32 Å². The molecule has 3 rings (SSSR count). The summed E-state index contributed by atoms with van der Waals surface area (Å²) in [5.74, 6) is 1.87. The van der Waals surface area contributed by atoms with Crippen LogP contribution >= 0.6 is 0 Å². The number of nitrogens with zero attached hydrogens (tertiary/aromatic N) is 3. The topological polar surface area (TPSA) is 44.0 Å². The van der Waals surface area contributed by atoms with Crippen molar-refractivity contribution < 1.29 is 4.42 Å². The van der Waals surface area contributed by atoms with Crippen molar-refractivity contribution in [1.82, 2.24) is 15.1 Å². The van der Waals surface area contributed by atoms with E-state index in [9.17, 15) is 0 Å². The number of hydrogen-bond acceptors (Lipinski definition) is 3. The predicted octanol–water partition coefficient (Wildman–Crippen LogP) is 3.12. The minimum absolute atomic E-state index is 0.501. The lowest BCUT2D eigenvalue weighted by Crippen LogP contribution is -2.52. The van der Waals surface area contributed by atoms with Gasteiger partial charge in [-0.2, -0.15) is 0 Å². The summed E-state index contributed by atoms with van der Waals surface area (Å²) >= 11 is 0. The first-order valence-corrected chi connectivity index (χ1v) is 9.08. The number of rotatable bonds is 5. The Bertz CT molecular complexity index is 646. The lowest BCUT2D eigenvalue weighted by Gasteiger charge is -2.40. The minimum Gasteiger partial charge on any atom is -0.467 e. The van der Waals surface area contributed by atoms with E-state index >= 15 is 0 Å². The highest BCUT2D eigenvalue weighted by Gasteiger charge is 2.25. The smallest absolute Gasteiger partial charge is 0.194 e. The average Bonchev–Trinajstić information content (AvgIpc) is 3.18. The maximum atomic E-state index is 5.38. The molecule has 1 saturated heterocycles. The average molecular weight is 340 g/mol. The zero-order valence-corrected chi connectivity index (χ0v) is 15.2. The van der Waals surface area contributed by atoms with Crippen LogP contribution in [-0.2, 0) is 6.54 Å². The predicted molar refractivity (Wildman–Crippen MR) is 102 cm³/mol. The van der Waals surface area contributed by atoms with Crippen LogP contribution in [0, 0.1) is 0 Å². The molecule has 25 heavy (non-hydrogen) atoms. The number of hydrogen-bond donors (Lipinski definition) is 1. The van der Waals surface area contributed by atoms with Crippen molar-refractivity contribution in [3.05, 3.63) is 60.1 Å². The van der Waals surface area contributed by atoms with Crippen molar-refractivity contribution in [2.75, 3.05) is 33.2 Å². The maximum absolute atomic E-state index is 5.38. The van der Waals surface area contributed by atoms with E-state index in [4.69, 9.17) is 4.42 Å². The first kappa shape index (κ1) is 17.5. The molecule has 1 atom stereocenters. The highest BCUT2D eigenvalue weighted by Crippen LogP contribution is 2.25. The molecule has 2 heterocycles. The van der Waals surface area contributed by atoms with E-state index in [-0.39, 0.29) is 0 Å². The molecule has 1 N–H and O–H groups in total. The molecule has 0 bridgehead atoms. The summed E-state index contributed by atoms with van der Waals surface area (Å²) in [7, 11) is 1.84. The van der Waals surface area contributed by atoms with E-state index in [1.54, 1.807) is 6.26 Å². The van der Waals surface area contributed by atoms with Crippen LogP contribution in [0.25, 0.3) is 0 Å². The van der Waals surface area contributed by atoms with Crippen LogP contribution in [0.1, 0.15) is 30.7 Å². The van der Waals surface area contributed by atoms with Gasteiger partial charge in [0.05, 0.1) is 12.8 Å². The standard InChI is InChI=1S/C20H28N4O/c1-3-19(17-8-5-4-6-9-17)23-11-13-24(14-12-23)20(21-2)22-16-18-10-7-15-25-18/h4-10,15,19H,3,11-14,16H2,1-2H3,(H,21,22). The Labute approximate surface area is 150 Å². The molecule has 1 aromatic heterocycles. The lowest BCUT2D eigenvalue weighted by atomic mass is 10.0. The highest BCUT2D eigenvalue weighted by atomic mass is 16.3. The molecule has 1 aliphatic heterocycles. The summed E-state index contributed by atoms with van der Waals surface area (Å²) in [4.78, 5) is 9.35. The fourth-order valence-electron chi connectivity index (χ4n) is 3.54. The van der Waals surface area contributed by atoms with E-state index in [0.29, 0.717) is 12.6 Å². The zero-order chi connectivity index (χ0) is 17.5. The van der Waals surface area contributed by atoms with Gasteiger partial charge in [0, 0.05) is 39.3 Å². The molecule has 0 amide bonds. The molecular weight excluding hydrogens is 312 g/mol. The van der Waals surface area contributed by atoms with Crippen LogP contribution in [0.2, 0.25) is 0 Å². The number of benzene rings is 1. The second-order valence-corrected chi connectivity index (χ2v) is 6.34. The van der Waals surface area contributed by atoms with E-state index in [2.05, 4.69) is 57.4 Å². The molecule has 1 aromatic carbocycles. The van der Waals surface area contributed by atoms with Crippen LogP contribution in [0.15, 0.2) is 58.1 Å². The molecule has 134 valence electrons. The van der Waals surface area contributed by atoms with Crippen molar-refractivity contribution in [3.63, 3.8) is 0 Å². The van der Waals surface area contributed by atoms with Crippen molar-refractivity contribution in [2.45, 2.75) is 25.9 Å². The molecule has 5 nitrogen and oxygen atoms in total. The van der Waals surface area contributed by atoms with Gasteiger partial charge in [0.2, 0.25) is 0 Å². The Morgan fingerprint density at radius 3 is 2.48 bits per heavy atom. The van der Waals surface area contributed by atoms with Gasteiger partial charge < -0.3 is 14.6 Å². The van der Waals surface area contributed by atoms with Crippen molar-refractivity contribution in [1.29, 1.82) is 0 Å². The largest absolute Gasteiger partial charge is 0.467 e. The second kappa shape index (κ2) is 8.72. The first-order valence-electron chi connectivity index (χ1n) is 9.08. The third-order valence-electron chi connectivity index (χ3n) is 4.84. The minimum atomic E-state index is 0.501. The fraction of sp³-hybridized carbons (Fsp3) is 0.450. The van der Waals surface area contributed by atoms with Gasteiger partial charge in [0.15, 0.2) is 5.96 Å². The van der Waals surface area contributed by atoms with Gasteiger partial charge in [-0.15, -0.1) is 0 Å². The van der Waals surface area contributed by atoms with Gasteiger partial charge in [-0.25, -0.2) is 0 Å². The van der Waals surface area contributed by atoms with Crippen molar-refractivity contribution >= 4 is 5.96 Å². The molecule has 1 fully saturated rings. The molecule has 0 radical (unpaired) electrons. The van der Waals surface area contributed by atoms with Gasteiger partial charge in [-0.1, -0.05) is 37.3 Å². The maximum Gasteiger partial charge on any atom is 0.194 e. The quantitative estimate of drug-likeness (QED) is 0.671. The Morgan fingerprint density at radius 1 is 1.12 bits per heavy atom. The number of piperazine rings is 1. The highest BCUT2D eigenvalue weighted by molar-refractivity contribution is 5.79. The molecular formula is C20H28N4O. The molecule has 1 unspecified atom stereocenters. The third-order valence-corrected chi connectivity index (χ3v) is 4.84. The van der Waals surface area contributed by atoms with Gasteiger partial charge in [0.25, 0.3) is 0 Å². The van der Waals surface area contributed by atoms with Crippen molar-refractivity contribution in [3.8, 4) is 0 Å². The van der Waals surface area contributed by atoms with Crippen LogP contribution in [0.3, 0.4) is 0 Å². The fourth-order valence-corrected chi connectivity index (χ4v) is 3.54. The van der Waals surface area contributed by atoms with Crippen LogP contribution in [0.5, 0.6) is 0 Å².